The maximum absolute atomic E-state index is 10.5. The summed E-state index contributed by atoms with van der Waals surface area (Å²) in [6, 6.07) is 0. The molecular weight excluding hydrogens is 120 g/mol. The van der Waals surface area contributed by atoms with Gasteiger partial charge in [0.15, 0.2) is 0 Å². The minimum Gasteiger partial charge on any atom is -0.409 e. The number of amidine groups is 1. The van der Waals surface area contributed by atoms with E-state index in [1.54, 1.807) is 0 Å². The summed E-state index contributed by atoms with van der Waals surface area (Å²) in [5.74, 6) is 0.320. The SMILES string of the molecule is O=C1CCCC(=NO)N1. The zero-order valence-electron chi connectivity index (χ0n) is 4.92. The maximum Gasteiger partial charge on any atom is 0.225 e. The highest BCUT2D eigenvalue weighted by molar-refractivity contribution is 5.99. The van der Waals surface area contributed by atoms with Gasteiger partial charge in [-0.25, -0.2) is 0 Å². The molecule has 0 aromatic rings. The van der Waals surface area contributed by atoms with Gasteiger partial charge in [0.2, 0.25) is 5.91 Å². The van der Waals surface area contributed by atoms with Crippen molar-refractivity contribution in [2.45, 2.75) is 19.3 Å². The van der Waals surface area contributed by atoms with E-state index in [0.717, 1.165) is 6.42 Å². The zero-order valence-corrected chi connectivity index (χ0v) is 4.92. The molecule has 50 valence electrons. The van der Waals surface area contributed by atoms with Crippen LogP contribution in [-0.2, 0) is 4.79 Å². The summed E-state index contributed by atoms with van der Waals surface area (Å²) < 4.78 is 0. The lowest BCUT2D eigenvalue weighted by molar-refractivity contribution is -0.120. The minimum absolute atomic E-state index is 0.0611. The zero-order chi connectivity index (χ0) is 6.69. The summed E-state index contributed by atoms with van der Waals surface area (Å²) in [7, 11) is 0. The van der Waals surface area contributed by atoms with Gasteiger partial charge in [-0.1, -0.05) is 5.16 Å². The highest BCUT2D eigenvalue weighted by Crippen LogP contribution is 2.02. The van der Waals surface area contributed by atoms with Gasteiger partial charge in [-0.05, 0) is 6.42 Å². The van der Waals surface area contributed by atoms with Gasteiger partial charge in [-0.15, -0.1) is 0 Å². The molecule has 0 bridgehead atoms. The van der Waals surface area contributed by atoms with Crippen LogP contribution in [0.4, 0.5) is 0 Å². The second kappa shape index (κ2) is 2.48. The summed E-state index contributed by atoms with van der Waals surface area (Å²) in [6.07, 6.45) is 1.99. The second-order valence-corrected chi connectivity index (χ2v) is 1.95. The Hall–Kier alpha value is -1.06. The van der Waals surface area contributed by atoms with Gasteiger partial charge >= 0.3 is 0 Å². The third-order valence-electron chi connectivity index (χ3n) is 1.22. The summed E-state index contributed by atoms with van der Waals surface area (Å²) in [6.45, 7) is 0. The lowest BCUT2D eigenvalue weighted by Crippen LogP contribution is -2.34. The van der Waals surface area contributed by atoms with Crippen LogP contribution in [0.15, 0.2) is 5.16 Å². The molecule has 0 aliphatic carbocycles. The van der Waals surface area contributed by atoms with Gasteiger partial charge in [-0.3, -0.25) is 4.79 Å². The van der Waals surface area contributed by atoms with E-state index in [9.17, 15) is 4.79 Å². The minimum atomic E-state index is -0.0611. The van der Waals surface area contributed by atoms with Gasteiger partial charge in [-0.2, -0.15) is 0 Å². The molecule has 2 N–H and O–H groups in total. The van der Waals surface area contributed by atoms with Crippen molar-refractivity contribution in [3.63, 3.8) is 0 Å². The van der Waals surface area contributed by atoms with Crippen LogP contribution in [0.5, 0.6) is 0 Å². The van der Waals surface area contributed by atoms with Crippen LogP contribution in [0, 0.1) is 0 Å². The van der Waals surface area contributed by atoms with Crippen LogP contribution >= 0.6 is 0 Å². The van der Waals surface area contributed by atoms with Gasteiger partial charge in [0, 0.05) is 12.8 Å². The number of rotatable bonds is 0. The van der Waals surface area contributed by atoms with Gasteiger partial charge in [0.1, 0.15) is 5.84 Å². The number of piperidine rings is 1. The first-order valence-electron chi connectivity index (χ1n) is 2.83. The number of hydrogen-bond donors (Lipinski definition) is 2. The monoisotopic (exact) mass is 128 g/mol. The van der Waals surface area contributed by atoms with E-state index in [-0.39, 0.29) is 5.91 Å². The average molecular weight is 128 g/mol. The molecule has 1 saturated heterocycles. The number of nitrogens with zero attached hydrogens (tertiary/aromatic N) is 1. The topological polar surface area (TPSA) is 61.7 Å². The standard InChI is InChI=1S/C5H8N2O2/c8-5-3-1-2-4(6-5)7-9/h9H,1-3H2,(H,6,7,8). The van der Waals surface area contributed by atoms with Crippen molar-refractivity contribution in [2.24, 2.45) is 5.16 Å². The quantitative estimate of drug-likeness (QED) is 0.358. The van der Waals surface area contributed by atoms with E-state index in [1.807, 2.05) is 0 Å². The lowest BCUT2D eigenvalue weighted by atomic mass is 10.1. The van der Waals surface area contributed by atoms with Crippen LogP contribution in [0.2, 0.25) is 0 Å². The molecule has 0 atom stereocenters. The maximum atomic E-state index is 10.5. The van der Waals surface area contributed by atoms with E-state index in [1.165, 1.54) is 0 Å². The number of amides is 1. The molecule has 1 rings (SSSR count). The fraction of sp³-hybridized carbons (Fsp3) is 0.600. The third-order valence-corrected chi connectivity index (χ3v) is 1.22. The van der Waals surface area contributed by atoms with E-state index in [2.05, 4.69) is 10.5 Å². The Kier molecular flexibility index (Phi) is 1.67. The molecule has 0 spiro atoms. The fourth-order valence-corrected chi connectivity index (χ4v) is 0.777. The van der Waals surface area contributed by atoms with E-state index in [0.29, 0.717) is 18.7 Å². The molecule has 1 heterocycles. The Bertz CT molecular complexity index is 153. The molecule has 0 saturated carbocycles. The Morgan fingerprint density at radius 3 is 2.78 bits per heavy atom. The van der Waals surface area contributed by atoms with Crippen molar-refractivity contribution in [1.29, 1.82) is 0 Å². The molecular formula is C5H8N2O2. The van der Waals surface area contributed by atoms with Gasteiger partial charge in [0.05, 0.1) is 0 Å². The number of hydrogen-bond acceptors (Lipinski definition) is 3. The summed E-state index contributed by atoms with van der Waals surface area (Å²) in [4.78, 5) is 10.5. The van der Waals surface area contributed by atoms with Crippen LogP contribution in [0.3, 0.4) is 0 Å². The highest BCUT2D eigenvalue weighted by atomic mass is 16.4. The highest BCUT2D eigenvalue weighted by Gasteiger charge is 2.12. The molecule has 0 radical (unpaired) electrons. The first-order chi connectivity index (χ1) is 4.33. The van der Waals surface area contributed by atoms with Crippen LogP contribution in [-0.4, -0.2) is 17.0 Å². The number of oxime groups is 1. The van der Waals surface area contributed by atoms with Crippen LogP contribution in [0.25, 0.3) is 0 Å². The van der Waals surface area contributed by atoms with Crippen molar-refractivity contribution >= 4 is 11.7 Å². The molecule has 0 aromatic carbocycles. The molecule has 1 aliphatic rings. The van der Waals surface area contributed by atoms with Crippen LogP contribution in [0.1, 0.15) is 19.3 Å². The molecule has 0 aromatic heterocycles. The van der Waals surface area contributed by atoms with Crippen molar-refractivity contribution < 1.29 is 10.0 Å². The molecule has 1 aliphatic heterocycles. The summed E-state index contributed by atoms with van der Waals surface area (Å²) in [5.41, 5.74) is 0. The molecule has 0 unspecified atom stereocenters. The molecule has 4 nitrogen and oxygen atoms in total. The normalized spacial score (nSPS) is 24.0. The smallest absolute Gasteiger partial charge is 0.225 e. The Morgan fingerprint density at radius 1 is 1.56 bits per heavy atom. The van der Waals surface area contributed by atoms with Crippen molar-refractivity contribution in [3.05, 3.63) is 0 Å². The summed E-state index contributed by atoms with van der Waals surface area (Å²) in [5, 5.41) is 13.5. The lowest BCUT2D eigenvalue weighted by Gasteiger charge is -2.10. The van der Waals surface area contributed by atoms with E-state index in [4.69, 9.17) is 5.21 Å². The Labute approximate surface area is 52.5 Å². The fourth-order valence-electron chi connectivity index (χ4n) is 0.777. The third kappa shape index (κ3) is 1.42. The first-order valence-corrected chi connectivity index (χ1v) is 2.83. The average Bonchev–Trinajstić information content (AvgIpc) is 1.88. The van der Waals surface area contributed by atoms with E-state index >= 15 is 0 Å². The Balaban J connectivity index is 2.51. The van der Waals surface area contributed by atoms with Crippen LogP contribution < -0.4 is 5.32 Å². The summed E-state index contributed by atoms with van der Waals surface area (Å²) >= 11 is 0. The van der Waals surface area contributed by atoms with Gasteiger partial charge < -0.3 is 10.5 Å². The van der Waals surface area contributed by atoms with E-state index < -0.39 is 0 Å². The number of carbonyl (C=O) groups excluding carboxylic acids is 1. The van der Waals surface area contributed by atoms with Crippen molar-refractivity contribution in [1.82, 2.24) is 5.32 Å². The van der Waals surface area contributed by atoms with Crippen molar-refractivity contribution in [3.8, 4) is 0 Å². The molecule has 4 heteroatoms. The largest absolute Gasteiger partial charge is 0.409 e. The van der Waals surface area contributed by atoms with Gasteiger partial charge in [0.25, 0.3) is 0 Å². The molecule has 1 fully saturated rings. The number of carbonyl (C=O) groups is 1. The number of nitrogens with one attached hydrogen (secondary N) is 1. The second-order valence-electron chi connectivity index (χ2n) is 1.95. The molecule has 1 amide bonds. The predicted molar refractivity (Wildman–Crippen MR) is 31.2 cm³/mol. The Morgan fingerprint density at radius 2 is 2.33 bits per heavy atom. The molecule has 9 heavy (non-hydrogen) atoms. The first kappa shape index (κ1) is 6.07. The predicted octanol–water partition coefficient (Wildman–Crippen LogP) is 0.0742. The van der Waals surface area contributed by atoms with Crippen molar-refractivity contribution in [2.75, 3.05) is 0 Å².